The Bertz CT molecular complexity index is 968. The summed E-state index contributed by atoms with van der Waals surface area (Å²) in [6.45, 7) is 14.4. The number of pyridine rings is 1. The number of nitrogens with one attached hydrogen (secondary N) is 2. The number of benzene rings is 1. The lowest BCUT2D eigenvalue weighted by Crippen LogP contribution is -2.07. The highest BCUT2D eigenvalue weighted by Crippen LogP contribution is 2.41. The summed E-state index contributed by atoms with van der Waals surface area (Å²) in [7, 11) is 1.93. The Kier molecular flexibility index (Phi) is 13.2. The van der Waals surface area contributed by atoms with E-state index in [9.17, 15) is 4.79 Å². The van der Waals surface area contributed by atoms with Gasteiger partial charge in [-0.05, 0) is 62.0 Å². The minimum atomic E-state index is 0.340. The normalized spacial score (nSPS) is 11.4. The van der Waals surface area contributed by atoms with Crippen LogP contribution in [0.15, 0.2) is 77.1 Å². The maximum Gasteiger partial charge on any atom is 0.207 e. The van der Waals surface area contributed by atoms with Crippen LogP contribution in [-0.4, -0.2) is 37.6 Å². The van der Waals surface area contributed by atoms with Gasteiger partial charge in [0.25, 0.3) is 0 Å². The summed E-state index contributed by atoms with van der Waals surface area (Å²) in [5.74, 6) is 1.11. The van der Waals surface area contributed by atoms with E-state index in [-0.39, 0.29) is 0 Å². The highest BCUT2D eigenvalue weighted by atomic mass is 32.2. The van der Waals surface area contributed by atoms with Gasteiger partial charge in [0, 0.05) is 46.5 Å². The van der Waals surface area contributed by atoms with Gasteiger partial charge in [-0.2, -0.15) is 0 Å². The number of nitrogens with zero attached hydrogens (tertiary/aromatic N) is 2. The Balaban J connectivity index is 0.000000981. The van der Waals surface area contributed by atoms with Crippen molar-refractivity contribution in [3.05, 3.63) is 72.7 Å². The van der Waals surface area contributed by atoms with Gasteiger partial charge in [-0.25, -0.2) is 0 Å². The number of hydrogen-bond donors (Lipinski definition) is 3. The van der Waals surface area contributed by atoms with E-state index >= 15 is 0 Å². The second kappa shape index (κ2) is 15.6. The lowest BCUT2D eigenvalue weighted by atomic mass is 9.94. The summed E-state index contributed by atoms with van der Waals surface area (Å²) in [6, 6.07) is 8.19. The van der Waals surface area contributed by atoms with Crippen molar-refractivity contribution >= 4 is 36.1 Å². The molecule has 0 unspecified atom stereocenters. The SMILES string of the molecule is C=C/C=C(N)\C(=C/C(C)C)c1cc(N=C)c(SCNC)c(-c2cccnc2)c1.CCNC=O. The van der Waals surface area contributed by atoms with E-state index in [4.69, 9.17) is 5.73 Å². The van der Waals surface area contributed by atoms with Crippen molar-refractivity contribution in [2.45, 2.75) is 25.7 Å². The van der Waals surface area contributed by atoms with Gasteiger partial charge < -0.3 is 16.4 Å². The topological polar surface area (TPSA) is 92.4 Å². The molecule has 0 atom stereocenters. The first-order valence-electron chi connectivity index (χ1n) is 10.7. The van der Waals surface area contributed by atoms with E-state index < -0.39 is 0 Å². The van der Waals surface area contributed by atoms with Crippen molar-refractivity contribution in [2.75, 3.05) is 19.5 Å². The molecule has 0 fully saturated rings. The van der Waals surface area contributed by atoms with Crippen molar-refractivity contribution in [1.29, 1.82) is 0 Å². The molecule has 1 heterocycles. The molecule has 7 heteroatoms. The molecule has 0 aliphatic carbocycles. The number of carbonyl (C=O) groups is 1. The van der Waals surface area contributed by atoms with Gasteiger partial charge in [0.2, 0.25) is 6.41 Å². The number of thioether (sulfide) groups is 1. The van der Waals surface area contributed by atoms with E-state index in [1.165, 1.54) is 0 Å². The van der Waals surface area contributed by atoms with E-state index in [1.54, 1.807) is 24.0 Å². The van der Waals surface area contributed by atoms with Crippen molar-refractivity contribution < 1.29 is 4.79 Å². The number of nitrogens with two attached hydrogens (primary N) is 1. The van der Waals surface area contributed by atoms with Crippen molar-refractivity contribution in [3.63, 3.8) is 0 Å². The first kappa shape index (κ1) is 27.9. The number of amides is 1. The first-order valence-corrected chi connectivity index (χ1v) is 11.7. The first-order chi connectivity index (χ1) is 15.9. The minimum absolute atomic E-state index is 0.340. The number of hydrogen-bond acceptors (Lipinski definition) is 6. The zero-order valence-corrected chi connectivity index (χ0v) is 20.8. The van der Waals surface area contributed by atoms with Crippen LogP contribution < -0.4 is 16.4 Å². The van der Waals surface area contributed by atoms with Crippen molar-refractivity contribution in [2.24, 2.45) is 16.6 Å². The van der Waals surface area contributed by atoms with Crippen LogP contribution in [0.3, 0.4) is 0 Å². The number of aliphatic imine (C=N–C) groups is 1. The average molecular weight is 466 g/mol. The third-order valence-corrected chi connectivity index (χ3v) is 5.43. The zero-order valence-electron chi connectivity index (χ0n) is 20.0. The van der Waals surface area contributed by atoms with Crippen LogP contribution in [0.25, 0.3) is 16.7 Å². The van der Waals surface area contributed by atoms with Crippen LogP contribution >= 0.6 is 11.8 Å². The number of aromatic nitrogens is 1. The van der Waals surface area contributed by atoms with Crippen LogP contribution in [-0.2, 0) is 4.79 Å². The standard InChI is InChI=1S/C23H28N4S.C3H7NO/c1-6-8-21(24)19(11-16(2)3)18-12-20(17-9-7-10-27-14-17)23(28-15-25-4)22(13-18)26-5;1-2-4-3-5/h6-14,16,25H,1,5,15,24H2,2-4H3;3H,2H2,1H3,(H,4,5)/b19-11-,21-8+;. The van der Waals surface area contributed by atoms with Gasteiger partial charge in [0.05, 0.1) is 5.69 Å². The van der Waals surface area contributed by atoms with Gasteiger partial charge >= 0.3 is 0 Å². The molecule has 0 aliphatic heterocycles. The molecule has 0 spiro atoms. The molecule has 0 saturated heterocycles. The molecule has 2 rings (SSSR count). The van der Waals surface area contributed by atoms with Gasteiger partial charge in [-0.15, -0.1) is 11.8 Å². The molecule has 6 nitrogen and oxygen atoms in total. The molecular weight excluding hydrogens is 430 g/mol. The Morgan fingerprint density at radius 3 is 2.61 bits per heavy atom. The summed E-state index contributed by atoms with van der Waals surface area (Å²) >= 11 is 1.69. The summed E-state index contributed by atoms with van der Waals surface area (Å²) in [4.78, 5) is 19.0. The molecule has 0 aliphatic rings. The summed E-state index contributed by atoms with van der Waals surface area (Å²) in [5, 5.41) is 5.61. The minimum Gasteiger partial charge on any atom is -0.398 e. The average Bonchev–Trinajstić information content (AvgIpc) is 2.82. The third kappa shape index (κ3) is 9.08. The summed E-state index contributed by atoms with van der Waals surface area (Å²) < 4.78 is 0. The van der Waals surface area contributed by atoms with E-state index in [0.29, 0.717) is 18.0 Å². The van der Waals surface area contributed by atoms with Gasteiger partial charge in [0.1, 0.15) is 0 Å². The Morgan fingerprint density at radius 2 is 2.12 bits per heavy atom. The highest BCUT2D eigenvalue weighted by molar-refractivity contribution is 7.99. The Labute approximate surface area is 202 Å². The molecule has 0 radical (unpaired) electrons. The molecule has 1 amide bonds. The molecule has 0 saturated carbocycles. The molecule has 0 bridgehead atoms. The van der Waals surface area contributed by atoms with Crippen LogP contribution in [0.1, 0.15) is 26.3 Å². The second-order valence-electron chi connectivity index (χ2n) is 7.27. The smallest absolute Gasteiger partial charge is 0.207 e. The summed E-state index contributed by atoms with van der Waals surface area (Å²) in [5.41, 5.74) is 11.9. The number of rotatable bonds is 11. The monoisotopic (exact) mass is 465 g/mol. The van der Waals surface area contributed by atoms with Crippen molar-refractivity contribution in [3.8, 4) is 11.1 Å². The Hall–Kier alpha value is -3.16. The zero-order chi connectivity index (χ0) is 24.6. The van der Waals surface area contributed by atoms with Gasteiger partial charge in [0.15, 0.2) is 0 Å². The largest absolute Gasteiger partial charge is 0.398 e. The third-order valence-electron chi connectivity index (χ3n) is 4.28. The van der Waals surface area contributed by atoms with E-state index in [2.05, 4.69) is 66.0 Å². The number of allylic oxidation sites excluding steroid dienone is 4. The van der Waals surface area contributed by atoms with Crippen LogP contribution in [0, 0.1) is 5.92 Å². The Morgan fingerprint density at radius 1 is 1.36 bits per heavy atom. The lowest BCUT2D eigenvalue weighted by molar-refractivity contribution is -0.109. The van der Waals surface area contributed by atoms with E-state index in [1.807, 2.05) is 38.4 Å². The van der Waals surface area contributed by atoms with Crippen molar-refractivity contribution in [1.82, 2.24) is 15.6 Å². The lowest BCUT2D eigenvalue weighted by Gasteiger charge is -2.17. The molecule has 4 N–H and O–H groups in total. The second-order valence-corrected chi connectivity index (χ2v) is 8.26. The predicted molar refractivity (Wildman–Crippen MR) is 144 cm³/mol. The maximum absolute atomic E-state index is 9.29. The van der Waals surface area contributed by atoms with Gasteiger partial charge in [-0.1, -0.05) is 38.6 Å². The summed E-state index contributed by atoms with van der Waals surface area (Å²) in [6.07, 6.45) is 10.0. The number of carbonyl (C=O) groups excluding carboxylic acids is 1. The van der Waals surface area contributed by atoms with E-state index in [0.717, 1.165) is 45.3 Å². The molecule has 176 valence electrons. The molecule has 1 aromatic heterocycles. The van der Waals surface area contributed by atoms with Gasteiger partial charge in [-0.3, -0.25) is 14.8 Å². The van der Waals surface area contributed by atoms with Crippen LogP contribution in [0.4, 0.5) is 5.69 Å². The van der Waals surface area contributed by atoms with Crippen LogP contribution in [0.2, 0.25) is 0 Å². The molecular formula is C26H35N5OS. The highest BCUT2D eigenvalue weighted by Gasteiger charge is 2.16. The quantitative estimate of drug-likeness (QED) is 0.140. The molecule has 1 aromatic carbocycles. The molecule has 2 aromatic rings. The fourth-order valence-electron chi connectivity index (χ4n) is 2.91. The fourth-order valence-corrected chi connectivity index (χ4v) is 3.80. The maximum atomic E-state index is 9.29. The fraction of sp³-hybridized carbons (Fsp3) is 0.269. The predicted octanol–water partition coefficient (Wildman–Crippen LogP) is 5.17. The molecule has 33 heavy (non-hydrogen) atoms. The van der Waals surface area contributed by atoms with Crippen LogP contribution in [0.5, 0.6) is 0 Å².